The SMILES string of the molecule is Cl.NC1CCN(S(=O)(=O)c2cc(F)c(Br)cc2F)CC1. The molecule has 0 amide bonds. The average molecular weight is 392 g/mol. The minimum Gasteiger partial charge on any atom is -0.328 e. The number of benzene rings is 1. The van der Waals surface area contributed by atoms with Gasteiger partial charge in [0.1, 0.15) is 16.5 Å². The topological polar surface area (TPSA) is 63.4 Å². The van der Waals surface area contributed by atoms with Gasteiger partial charge in [-0.05, 0) is 40.9 Å². The normalized spacial score (nSPS) is 17.8. The molecular formula is C11H14BrClF2N2O2S. The Morgan fingerprint density at radius 2 is 1.75 bits per heavy atom. The van der Waals surface area contributed by atoms with Crippen LogP contribution in [0.4, 0.5) is 8.78 Å². The van der Waals surface area contributed by atoms with E-state index in [2.05, 4.69) is 15.9 Å². The standard InChI is InChI=1S/C11H13BrF2N2O2S.ClH/c12-8-5-10(14)11(6-9(8)13)19(17,18)16-3-1-7(15)2-4-16;/h5-7H,1-4,15H2;1H. The molecule has 0 atom stereocenters. The van der Waals surface area contributed by atoms with Crippen LogP contribution in [0.5, 0.6) is 0 Å². The molecule has 0 radical (unpaired) electrons. The zero-order valence-electron chi connectivity index (χ0n) is 10.4. The molecule has 0 spiro atoms. The molecule has 1 heterocycles. The summed E-state index contributed by atoms with van der Waals surface area (Å²) in [7, 11) is -4.01. The van der Waals surface area contributed by atoms with Crippen LogP contribution < -0.4 is 5.73 Å². The molecule has 1 aliphatic heterocycles. The number of rotatable bonds is 2. The van der Waals surface area contributed by atoms with Crippen LogP contribution in [-0.4, -0.2) is 31.9 Å². The zero-order chi connectivity index (χ0) is 14.2. The van der Waals surface area contributed by atoms with E-state index in [1.807, 2.05) is 0 Å². The summed E-state index contributed by atoms with van der Waals surface area (Å²) in [6.45, 7) is 0.446. The fourth-order valence-electron chi connectivity index (χ4n) is 1.96. The first-order valence-corrected chi connectivity index (χ1v) is 7.96. The lowest BCUT2D eigenvalue weighted by molar-refractivity contribution is 0.318. The minimum atomic E-state index is -4.01. The van der Waals surface area contributed by atoms with Gasteiger partial charge in [0.15, 0.2) is 0 Å². The molecule has 0 saturated carbocycles. The van der Waals surface area contributed by atoms with Crippen molar-refractivity contribution in [1.29, 1.82) is 0 Å². The van der Waals surface area contributed by atoms with E-state index in [1.165, 1.54) is 0 Å². The van der Waals surface area contributed by atoms with Gasteiger partial charge in [-0.25, -0.2) is 17.2 Å². The highest BCUT2D eigenvalue weighted by molar-refractivity contribution is 9.10. The molecule has 9 heteroatoms. The minimum absolute atomic E-state index is 0. The third kappa shape index (κ3) is 3.48. The summed E-state index contributed by atoms with van der Waals surface area (Å²) in [5.74, 6) is -1.78. The van der Waals surface area contributed by atoms with Crippen molar-refractivity contribution in [3.8, 4) is 0 Å². The lowest BCUT2D eigenvalue weighted by Gasteiger charge is -2.29. The molecule has 1 saturated heterocycles. The highest BCUT2D eigenvalue weighted by Crippen LogP contribution is 2.27. The molecule has 0 unspecified atom stereocenters. The molecular weight excluding hydrogens is 378 g/mol. The van der Waals surface area contributed by atoms with Gasteiger partial charge in [0.05, 0.1) is 4.47 Å². The maximum Gasteiger partial charge on any atom is 0.246 e. The summed E-state index contributed by atoms with van der Waals surface area (Å²) >= 11 is 2.81. The zero-order valence-corrected chi connectivity index (χ0v) is 13.6. The number of nitrogens with zero attached hydrogens (tertiary/aromatic N) is 1. The van der Waals surface area contributed by atoms with Crippen molar-refractivity contribution >= 4 is 38.4 Å². The average Bonchev–Trinajstić information content (AvgIpc) is 2.34. The second-order valence-corrected chi connectivity index (χ2v) is 7.20. The van der Waals surface area contributed by atoms with E-state index >= 15 is 0 Å². The van der Waals surface area contributed by atoms with E-state index in [1.54, 1.807) is 0 Å². The highest BCUT2D eigenvalue weighted by atomic mass is 79.9. The van der Waals surface area contributed by atoms with Crippen LogP contribution in [0.2, 0.25) is 0 Å². The van der Waals surface area contributed by atoms with Crippen LogP contribution in [0.25, 0.3) is 0 Å². The molecule has 1 aromatic carbocycles. The van der Waals surface area contributed by atoms with E-state index in [4.69, 9.17) is 5.73 Å². The summed E-state index contributed by atoms with van der Waals surface area (Å²) in [5.41, 5.74) is 5.69. The van der Waals surface area contributed by atoms with Gasteiger partial charge >= 0.3 is 0 Å². The maximum absolute atomic E-state index is 13.7. The third-order valence-electron chi connectivity index (χ3n) is 3.09. The van der Waals surface area contributed by atoms with Gasteiger partial charge in [0.25, 0.3) is 0 Å². The second kappa shape index (κ2) is 6.65. The summed E-state index contributed by atoms with van der Waals surface area (Å²) in [5, 5.41) is 0. The lowest BCUT2D eigenvalue weighted by Crippen LogP contribution is -2.43. The Bertz CT molecular complexity index is 592. The Labute approximate surface area is 130 Å². The molecule has 20 heavy (non-hydrogen) atoms. The molecule has 1 aliphatic rings. The van der Waals surface area contributed by atoms with Crippen molar-refractivity contribution in [3.05, 3.63) is 28.2 Å². The van der Waals surface area contributed by atoms with Crippen LogP contribution in [0, 0.1) is 11.6 Å². The highest BCUT2D eigenvalue weighted by Gasteiger charge is 2.31. The largest absolute Gasteiger partial charge is 0.328 e. The van der Waals surface area contributed by atoms with Crippen LogP contribution in [0.15, 0.2) is 21.5 Å². The molecule has 2 rings (SSSR count). The quantitative estimate of drug-likeness (QED) is 0.787. The van der Waals surface area contributed by atoms with Gasteiger partial charge in [-0.1, -0.05) is 0 Å². The molecule has 4 nitrogen and oxygen atoms in total. The van der Waals surface area contributed by atoms with Crippen LogP contribution in [0.1, 0.15) is 12.8 Å². The number of hydrogen-bond donors (Lipinski definition) is 1. The Balaban J connectivity index is 0.00000200. The number of piperidine rings is 1. The van der Waals surface area contributed by atoms with Gasteiger partial charge in [0.2, 0.25) is 10.0 Å². The Morgan fingerprint density at radius 3 is 2.30 bits per heavy atom. The Hall–Kier alpha value is -0.280. The molecule has 114 valence electrons. The Morgan fingerprint density at radius 1 is 1.20 bits per heavy atom. The molecule has 1 fully saturated rings. The number of nitrogens with two attached hydrogens (primary N) is 1. The first kappa shape index (κ1) is 17.8. The van der Waals surface area contributed by atoms with Gasteiger partial charge < -0.3 is 5.73 Å². The van der Waals surface area contributed by atoms with Crippen molar-refractivity contribution in [1.82, 2.24) is 4.31 Å². The van der Waals surface area contributed by atoms with E-state index in [0.29, 0.717) is 18.9 Å². The Kier molecular flexibility index (Phi) is 5.91. The maximum atomic E-state index is 13.7. The van der Waals surface area contributed by atoms with Crippen LogP contribution >= 0.6 is 28.3 Å². The monoisotopic (exact) mass is 390 g/mol. The molecule has 0 aromatic heterocycles. The first-order chi connectivity index (χ1) is 8.82. The molecule has 0 bridgehead atoms. The first-order valence-electron chi connectivity index (χ1n) is 5.72. The van der Waals surface area contributed by atoms with E-state index in [-0.39, 0.29) is 36.0 Å². The van der Waals surface area contributed by atoms with Gasteiger partial charge in [-0.2, -0.15) is 4.31 Å². The fourth-order valence-corrected chi connectivity index (χ4v) is 3.80. The van der Waals surface area contributed by atoms with Crippen molar-refractivity contribution in [2.45, 2.75) is 23.8 Å². The second-order valence-electron chi connectivity index (χ2n) is 4.44. The van der Waals surface area contributed by atoms with Crippen LogP contribution in [0.3, 0.4) is 0 Å². The van der Waals surface area contributed by atoms with Crippen molar-refractivity contribution < 1.29 is 17.2 Å². The van der Waals surface area contributed by atoms with Gasteiger partial charge in [-0.3, -0.25) is 0 Å². The number of sulfonamides is 1. The lowest BCUT2D eigenvalue weighted by atomic mass is 10.1. The fraction of sp³-hybridized carbons (Fsp3) is 0.455. The number of halogens is 4. The number of hydrogen-bond acceptors (Lipinski definition) is 3. The van der Waals surface area contributed by atoms with E-state index in [0.717, 1.165) is 10.4 Å². The summed E-state index contributed by atoms with van der Waals surface area (Å²) in [4.78, 5) is -0.635. The van der Waals surface area contributed by atoms with Crippen molar-refractivity contribution in [2.75, 3.05) is 13.1 Å². The third-order valence-corrected chi connectivity index (χ3v) is 5.61. The van der Waals surface area contributed by atoms with Crippen LogP contribution in [-0.2, 0) is 10.0 Å². The van der Waals surface area contributed by atoms with Gasteiger partial charge in [-0.15, -0.1) is 12.4 Å². The molecule has 0 aliphatic carbocycles. The van der Waals surface area contributed by atoms with E-state index in [9.17, 15) is 17.2 Å². The predicted molar refractivity (Wildman–Crippen MR) is 77.3 cm³/mol. The smallest absolute Gasteiger partial charge is 0.246 e. The predicted octanol–water partition coefficient (Wildman–Crippen LogP) is 2.26. The summed E-state index contributed by atoms with van der Waals surface area (Å²) in [6, 6.07) is 1.47. The van der Waals surface area contributed by atoms with Crippen molar-refractivity contribution in [3.63, 3.8) is 0 Å². The van der Waals surface area contributed by atoms with Crippen molar-refractivity contribution in [2.24, 2.45) is 5.73 Å². The van der Waals surface area contributed by atoms with Gasteiger partial charge in [0, 0.05) is 19.1 Å². The molecule has 2 N–H and O–H groups in total. The summed E-state index contributed by atoms with van der Waals surface area (Å²) in [6.07, 6.45) is 1.03. The van der Waals surface area contributed by atoms with E-state index < -0.39 is 26.6 Å². The summed E-state index contributed by atoms with van der Waals surface area (Å²) < 4.78 is 52.6. The molecule has 1 aromatic rings.